The number of halogens is 1. The molecule has 1 amide bonds. The lowest BCUT2D eigenvalue weighted by molar-refractivity contribution is -0.116. The highest BCUT2D eigenvalue weighted by Crippen LogP contribution is 2.26. The number of hydrogen-bond donors (Lipinski definition) is 1. The lowest BCUT2D eigenvalue weighted by Crippen LogP contribution is -2.33. The predicted molar refractivity (Wildman–Crippen MR) is 116 cm³/mol. The molecule has 0 bridgehead atoms. The quantitative estimate of drug-likeness (QED) is 0.685. The van der Waals surface area contributed by atoms with E-state index in [0.717, 1.165) is 20.8 Å². The molecule has 2 heterocycles. The third-order valence-electron chi connectivity index (χ3n) is 4.60. The van der Waals surface area contributed by atoms with Gasteiger partial charge in [0.25, 0.3) is 5.56 Å². The van der Waals surface area contributed by atoms with E-state index in [0.29, 0.717) is 28.5 Å². The topological polar surface area (TPSA) is 67.2 Å². The average Bonchev–Trinajstić information content (AvgIpc) is 2.88. The summed E-state index contributed by atoms with van der Waals surface area (Å²) in [5.74, 6) is 0.278. The molecule has 0 unspecified atom stereocenters. The third-order valence-corrected chi connectivity index (χ3v) is 5.94. The van der Waals surface area contributed by atoms with Crippen molar-refractivity contribution in [3.05, 3.63) is 55.4 Å². The molecule has 0 aliphatic heterocycles. The number of thiophene rings is 1. The first-order valence-corrected chi connectivity index (χ1v) is 10.1. The van der Waals surface area contributed by atoms with Gasteiger partial charge in [0.15, 0.2) is 0 Å². The molecule has 0 saturated heterocycles. The molecule has 1 aromatic carbocycles. The van der Waals surface area contributed by atoms with Crippen LogP contribution in [0.4, 0.5) is 5.69 Å². The lowest BCUT2D eigenvalue weighted by Gasteiger charge is -2.16. The van der Waals surface area contributed by atoms with Crippen LogP contribution in [0.25, 0.3) is 10.2 Å². The Bertz CT molecular complexity index is 1120. The van der Waals surface area contributed by atoms with Gasteiger partial charge in [-0.05, 0) is 58.1 Å². The lowest BCUT2D eigenvalue weighted by atomic mass is 10.2. The van der Waals surface area contributed by atoms with Gasteiger partial charge in [-0.15, -0.1) is 11.3 Å². The maximum absolute atomic E-state index is 13.2. The molecular weight excluding hydrogens is 396 g/mol. The number of carbonyl (C=O) groups is 1. The number of amides is 1. The summed E-state index contributed by atoms with van der Waals surface area (Å²) in [5.41, 5.74) is 2.28. The van der Waals surface area contributed by atoms with Crippen LogP contribution < -0.4 is 10.9 Å². The molecule has 1 N–H and O–H groups in total. The first-order valence-electron chi connectivity index (χ1n) is 8.87. The Kier molecular flexibility index (Phi) is 5.88. The Morgan fingerprint density at radius 2 is 2.00 bits per heavy atom. The van der Waals surface area contributed by atoms with E-state index in [1.54, 1.807) is 12.1 Å². The van der Waals surface area contributed by atoms with Gasteiger partial charge in [-0.2, -0.15) is 0 Å². The monoisotopic (exact) mass is 418 g/mol. The molecule has 6 nitrogen and oxygen atoms in total. The molecule has 0 spiro atoms. The van der Waals surface area contributed by atoms with Crippen LogP contribution in [0.15, 0.2) is 23.0 Å². The largest absolute Gasteiger partial charge is 0.324 e. The van der Waals surface area contributed by atoms with Crippen molar-refractivity contribution in [2.75, 3.05) is 19.4 Å². The first-order chi connectivity index (χ1) is 13.2. The van der Waals surface area contributed by atoms with E-state index in [4.69, 9.17) is 11.6 Å². The molecule has 0 fully saturated rings. The summed E-state index contributed by atoms with van der Waals surface area (Å²) in [7, 11) is 3.81. The molecule has 2 aromatic heterocycles. The maximum Gasteiger partial charge on any atom is 0.263 e. The SMILES string of the molecule is Cc1ccc(Cl)cc1NC(=O)Cn1c(CN(C)C)nc2sc(C)c(C)c2c1=O. The number of aryl methyl sites for hydroxylation is 3. The van der Waals surface area contributed by atoms with Gasteiger partial charge >= 0.3 is 0 Å². The fourth-order valence-corrected chi connectivity index (χ4v) is 4.21. The normalized spacial score (nSPS) is 11.4. The smallest absolute Gasteiger partial charge is 0.263 e. The van der Waals surface area contributed by atoms with Crippen LogP contribution in [-0.2, 0) is 17.9 Å². The van der Waals surface area contributed by atoms with E-state index in [-0.39, 0.29) is 18.0 Å². The van der Waals surface area contributed by atoms with Crippen molar-refractivity contribution >= 4 is 44.7 Å². The zero-order chi connectivity index (χ0) is 20.6. The summed E-state index contributed by atoms with van der Waals surface area (Å²) < 4.78 is 1.47. The number of fused-ring (bicyclic) bond motifs is 1. The molecule has 28 heavy (non-hydrogen) atoms. The van der Waals surface area contributed by atoms with Gasteiger partial charge in [0.1, 0.15) is 17.2 Å². The highest BCUT2D eigenvalue weighted by atomic mass is 35.5. The van der Waals surface area contributed by atoms with Crippen molar-refractivity contribution in [2.24, 2.45) is 0 Å². The summed E-state index contributed by atoms with van der Waals surface area (Å²) in [6.07, 6.45) is 0. The fraction of sp³-hybridized carbons (Fsp3) is 0.350. The van der Waals surface area contributed by atoms with Gasteiger partial charge in [0, 0.05) is 15.6 Å². The van der Waals surface area contributed by atoms with Crippen LogP contribution in [0, 0.1) is 20.8 Å². The van der Waals surface area contributed by atoms with E-state index in [9.17, 15) is 9.59 Å². The number of carbonyl (C=O) groups excluding carboxylic acids is 1. The number of nitrogens with zero attached hydrogens (tertiary/aromatic N) is 3. The molecule has 3 aromatic rings. The molecule has 148 valence electrons. The second-order valence-corrected chi connectivity index (χ2v) is 8.77. The maximum atomic E-state index is 13.2. The van der Waals surface area contributed by atoms with Crippen molar-refractivity contribution in [2.45, 2.75) is 33.9 Å². The minimum absolute atomic E-state index is 0.106. The zero-order valence-corrected chi connectivity index (χ0v) is 18.2. The third kappa shape index (κ3) is 4.11. The molecule has 0 aliphatic rings. The molecule has 8 heteroatoms. The Balaban J connectivity index is 2.01. The highest BCUT2D eigenvalue weighted by molar-refractivity contribution is 7.18. The average molecular weight is 419 g/mol. The molecule has 0 saturated carbocycles. The fourth-order valence-electron chi connectivity index (χ4n) is 3.00. The molecule has 3 rings (SSSR count). The van der Waals surface area contributed by atoms with Gasteiger partial charge in [0.2, 0.25) is 5.91 Å². The van der Waals surface area contributed by atoms with Crippen molar-refractivity contribution in [3.8, 4) is 0 Å². The van der Waals surface area contributed by atoms with Crippen molar-refractivity contribution < 1.29 is 4.79 Å². The minimum atomic E-state index is -0.293. The summed E-state index contributed by atoms with van der Waals surface area (Å²) in [4.78, 5) is 34.3. The van der Waals surface area contributed by atoms with Crippen LogP contribution in [-0.4, -0.2) is 34.5 Å². The summed E-state index contributed by atoms with van der Waals surface area (Å²) in [5, 5.41) is 3.99. The second-order valence-electron chi connectivity index (χ2n) is 7.13. The van der Waals surface area contributed by atoms with Crippen LogP contribution >= 0.6 is 22.9 Å². The van der Waals surface area contributed by atoms with Gasteiger partial charge < -0.3 is 10.2 Å². The van der Waals surface area contributed by atoms with E-state index < -0.39 is 0 Å². The van der Waals surface area contributed by atoms with Gasteiger partial charge in [0.05, 0.1) is 11.9 Å². The van der Waals surface area contributed by atoms with Gasteiger partial charge in [-0.1, -0.05) is 17.7 Å². The first kappa shape index (κ1) is 20.5. The summed E-state index contributed by atoms with van der Waals surface area (Å²) in [6.45, 7) is 6.14. The van der Waals surface area contributed by atoms with Gasteiger partial charge in [-0.25, -0.2) is 4.98 Å². The number of nitrogens with one attached hydrogen (secondary N) is 1. The molecule has 0 aliphatic carbocycles. The van der Waals surface area contributed by atoms with Crippen molar-refractivity contribution in [1.82, 2.24) is 14.5 Å². The zero-order valence-electron chi connectivity index (χ0n) is 16.6. The van der Waals surface area contributed by atoms with E-state index >= 15 is 0 Å². The van der Waals surface area contributed by atoms with Crippen LogP contribution in [0.2, 0.25) is 5.02 Å². The van der Waals surface area contributed by atoms with E-state index in [1.165, 1.54) is 15.9 Å². The molecular formula is C20H23ClN4O2S. The summed E-state index contributed by atoms with van der Waals surface area (Å²) in [6, 6.07) is 5.31. The van der Waals surface area contributed by atoms with Crippen molar-refractivity contribution in [1.29, 1.82) is 0 Å². The Morgan fingerprint density at radius 1 is 1.29 bits per heavy atom. The number of benzene rings is 1. The van der Waals surface area contributed by atoms with Crippen LogP contribution in [0.3, 0.4) is 0 Å². The number of hydrogen-bond acceptors (Lipinski definition) is 5. The Hall–Kier alpha value is -2.22. The Morgan fingerprint density at radius 3 is 2.68 bits per heavy atom. The summed E-state index contributed by atoms with van der Waals surface area (Å²) >= 11 is 7.54. The Labute approximate surface area is 172 Å². The van der Waals surface area contributed by atoms with Gasteiger partial charge in [-0.3, -0.25) is 14.2 Å². The number of rotatable bonds is 5. The predicted octanol–water partition coefficient (Wildman–Crippen LogP) is 3.74. The second kappa shape index (κ2) is 8.03. The van der Waals surface area contributed by atoms with Crippen LogP contribution in [0.5, 0.6) is 0 Å². The molecule has 0 radical (unpaired) electrons. The molecule has 0 atom stereocenters. The van der Waals surface area contributed by atoms with Crippen LogP contribution in [0.1, 0.15) is 21.8 Å². The van der Waals surface area contributed by atoms with Crippen molar-refractivity contribution in [3.63, 3.8) is 0 Å². The highest BCUT2D eigenvalue weighted by Gasteiger charge is 2.19. The van der Waals surface area contributed by atoms with E-state index in [2.05, 4.69) is 10.3 Å². The number of aromatic nitrogens is 2. The number of anilines is 1. The minimum Gasteiger partial charge on any atom is -0.324 e. The standard InChI is InChI=1S/C20H23ClN4O2S/c1-11-6-7-14(21)8-15(11)22-17(26)10-25-16(9-24(4)5)23-19-18(20(25)27)12(2)13(3)28-19/h6-8H,9-10H2,1-5H3,(H,22,26). The van der Waals surface area contributed by atoms with E-state index in [1.807, 2.05) is 45.8 Å².